The predicted molar refractivity (Wildman–Crippen MR) is 137 cm³/mol. The summed E-state index contributed by atoms with van der Waals surface area (Å²) in [5.41, 5.74) is 1.11. The number of anilines is 1. The summed E-state index contributed by atoms with van der Waals surface area (Å²) in [5, 5.41) is 12.1. The van der Waals surface area contributed by atoms with E-state index in [-0.39, 0.29) is 16.8 Å². The van der Waals surface area contributed by atoms with Crippen LogP contribution in [0.1, 0.15) is 43.5 Å². The Labute approximate surface area is 209 Å². The molecule has 0 saturated carbocycles. The van der Waals surface area contributed by atoms with Crippen molar-refractivity contribution in [1.82, 2.24) is 29.4 Å². The highest BCUT2D eigenvalue weighted by Crippen LogP contribution is 2.24. The van der Waals surface area contributed by atoms with Gasteiger partial charge in [-0.1, -0.05) is 18.2 Å². The zero-order valence-corrected chi connectivity index (χ0v) is 21.8. The minimum absolute atomic E-state index is 0.215. The van der Waals surface area contributed by atoms with Gasteiger partial charge in [-0.25, -0.2) is 23.1 Å². The lowest BCUT2D eigenvalue weighted by molar-refractivity contribution is 0.0952. The predicted octanol–water partition coefficient (Wildman–Crippen LogP) is 2.97. The van der Waals surface area contributed by atoms with E-state index in [9.17, 15) is 13.2 Å². The first-order chi connectivity index (χ1) is 16.8. The molecule has 35 heavy (non-hydrogen) atoms. The van der Waals surface area contributed by atoms with Crippen molar-refractivity contribution in [3.63, 3.8) is 0 Å². The van der Waals surface area contributed by atoms with E-state index in [2.05, 4.69) is 25.7 Å². The van der Waals surface area contributed by atoms with Gasteiger partial charge in [-0.2, -0.15) is 9.40 Å². The van der Waals surface area contributed by atoms with Crippen molar-refractivity contribution >= 4 is 44.5 Å². The largest absolute Gasteiger partial charge is 0.367 e. The molecule has 188 valence electrons. The van der Waals surface area contributed by atoms with E-state index in [1.807, 2.05) is 20.1 Å². The number of carbonyl (C=O) groups excluding carboxylic acids is 1. The molecule has 0 aliphatic carbocycles. The Morgan fingerprint density at radius 3 is 2.49 bits per heavy atom. The zero-order chi connectivity index (χ0) is 25.0. The van der Waals surface area contributed by atoms with Crippen LogP contribution in [0.15, 0.2) is 40.5 Å². The third-order valence-corrected chi connectivity index (χ3v) is 8.22. The van der Waals surface area contributed by atoms with E-state index >= 15 is 0 Å². The number of nitrogens with one attached hydrogen (secondary N) is 2. The number of hydrogen-bond donors (Lipinski definition) is 2. The van der Waals surface area contributed by atoms with Crippen LogP contribution in [0.2, 0.25) is 0 Å². The lowest BCUT2D eigenvalue weighted by Crippen LogP contribution is -2.35. The second kappa shape index (κ2) is 10.9. The number of amides is 1. The molecule has 1 amide bonds. The molecule has 2 N–H and O–H groups in total. The Morgan fingerprint density at radius 1 is 1.11 bits per heavy atom. The maximum absolute atomic E-state index is 12.8. The molecule has 1 aliphatic heterocycles. The van der Waals surface area contributed by atoms with Crippen LogP contribution in [-0.2, 0) is 16.6 Å². The molecule has 3 aromatic rings. The Hall–Kier alpha value is -2.70. The van der Waals surface area contributed by atoms with E-state index in [0.29, 0.717) is 42.5 Å². The van der Waals surface area contributed by atoms with Crippen molar-refractivity contribution < 1.29 is 13.2 Å². The molecule has 1 aliphatic rings. The maximum atomic E-state index is 12.8. The molecule has 12 heteroatoms. The fourth-order valence-electron chi connectivity index (χ4n) is 3.98. The molecular formula is C23H31N7O3S2. The lowest BCUT2D eigenvalue weighted by atomic mass is 10.2. The Balaban J connectivity index is 1.40. The molecule has 10 nitrogen and oxygen atoms in total. The first-order valence-corrected chi connectivity index (χ1v) is 14.4. The highest BCUT2D eigenvalue weighted by atomic mass is 32.2. The summed E-state index contributed by atoms with van der Waals surface area (Å²) < 4.78 is 28.9. The number of benzene rings is 1. The van der Waals surface area contributed by atoms with Gasteiger partial charge < -0.3 is 10.6 Å². The Bertz CT molecular complexity index is 1280. The van der Waals surface area contributed by atoms with Crippen molar-refractivity contribution in [1.29, 1.82) is 0 Å². The number of piperidine rings is 1. The smallest absolute Gasteiger partial charge is 0.251 e. The summed E-state index contributed by atoms with van der Waals surface area (Å²) in [6.45, 7) is 5.96. The van der Waals surface area contributed by atoms with Crippen LogP contribution in [0.3, 0.4) is 0 Å². The minimum Gasteiger partial charge on any atom is -0.367 e. The highest BCUT2D eigenvalue weighted by Gasteiger charge is 2.26. The average molecular weight is 518 g/mol. The first kappa shape index (κ1) is 25.4. The monoisotopic (exact) mass is 517 g/mol. The second-order valence-corrected chi connectivity index (χ2v) is 11.4. The summed E-state index contributed by atoms with van der Waals surface area (Å²) in [5.74, 6) is 0.467. The Morgan fingerprint density at radius 2 is 1.83 bits per heavy atom. The number of carbonyl (C=O) groups is 1. The van der Waals surface area contributed by atoms with Gasteiger partial charge in [0.25, 0.3) is 5.91 Å². The molecule has 0 spiro atoms. The summed E-state index contributed by atoms with van der Waals surface area (Å²) in [6, 6.07) is 6.33. The molecule has 1 aromatic carbocycles. The first-order valence-electron chi connectivity index (χ1n) is 11.7. The molecular weight excluding hydrogens is 486 g/mol. The van der Waals surface area contributed by atoms with Crippen molar-refractivity contribution in [2.45, 2.75) is 55.7 Å². The number of rotatable bonds is 9. The summed E-state index contributed by atoms with van der Waals surface area (Å²) >= 11 is 1.46. The number of sulfonamides is 1. The van der Waals surface area contributed by atoms with E-state index in [1.54, 1.807) is 23.0 Å². The van der Waals surface area contributed by atoms with Crippen LogP contribution in [-0.4, -0.2) is 70.3 Å². The number of hydrogen-bond acceptors (Lipinski definition) is 8. The quantitative estimate of drug-likeness (QED) is 0.328. The molecule has 1 saturated heterocycles. The summed E-state index contributed by atoms with van der Waals surface area (Å²) in [7, 11) is -3.52. The van der Waals surface area contributed by atoms with Gasteiger partial charge in [0.1, 0.15) is 5.82 Å². The van der Waals surface area contributed by atoms with Gasteiger partial charge in [0.2, 0.25) is 10.0 Å². The van der Waals surface area contributed by atoms with Gasteiger partial charge in [-0.3, -0.25) is 4.79 Å². The van der Waals surface area contributed by atoms with Crippen LogP contribution in [0.4, 0.5) is 5.82 Å². The van der Waals surface area contributed by atoms with Crippen LogP contribution < -0.4 is 10.6 Å². The van der Waals surface area contributed by atoms with Gasteiger partial charge in [0.05, 0.1) is 23.0 Å². The van der Waals surface area contributed by atoms with Crippen molar-refractivity contribution in [3.8, 4) is 0 Å². The van der Waals surface area contributed by atoms with Gasteiger partial charge in [0.15, 0.2) is 10.8 Å². The third-order valence-electron chi connectivity index (χ3n) is 5.76. The number of nitrogens with zero attached hydrogens (tertiary/aromatic N) is 5. The van der Waals surface area contributed by atoms with E-state index < -0.39 is 10.0 Å². The fourth-order valence-corrected chi connectivity index (χ4v) is 5.86. The van der Waals surface area contributed by atoms with E-state index in [1.165, 1.54) is 28.2 Å². The van der Waals surface area contributed by atoms with Crippen LogP contribution >= 0.6 is 11.8 Å². The molecule has 0 unspecified atom stereocenters. The molecule has 0 atom stereocenters. The summed E-state index contributed by atoms with van der Waals surface area (Å²) in [6.07, 6.45) is 6.47. The number of thioether (sulfide) groups is 1. The number of fused-ring (bicyclic) bond motifs is 1. The molecule has 0 radical (unpaired) electrons. The normalized spacial score (nSPS) is 15.0. The highest BCUT2D eigenvalue weighted by molar-refractivity contribution is 7.98. The third kappa shape index (κ3) is 5.76. The SMILES string of the molecule is CSc1nc(NC(C)C)c2cnn(CCNC(=O)c3ccc(S(=O)(=O)N4CCCCC4)cc3)c2n1. The molecule has 1 fully saturated rings. The lowest BCUT2D eigenvalue weighted by Gasteiger charge is -2.25. The average Bonchev–Trinajstić information content (AvgIpc) is 3.27. The van der Waals surface area contributed by atoms with E-state index in [0.717, 1.165) is 30.5 Å². The van der Waals surface area contributed by atoms with Crippen LogP contribution in [0.25, 0.3) is 11.0 Å². The molecule has 3 heterocycles. The summed E-state index contributed by atoms with van der Waals surface area (Å²) in [4.78, 5) is 22.0. The second-order valence-electron chi connectivity index (χ2n) is 8.71. The van der Waals surface area contributed by atoms with Gasteiger partial charge in [0, 0.05) is 31.2 Å². The zero-order valence-electron chi connectivity index (χ0n) is 20.2. The minimum atomic E-state index is -3.52. The fraction of sp³-hybridized carbons (Fsp3) is 0.478. The topological polar surface area (TPSA) is 122 Å². The van der Waals surface area contributed by atoms with Crippen LogP contribution in [0, 0.1) is 0 Å². The molecule has 2 aromatic heterocycles. The van der Waals surface area contributed by atoms with Crippen molar-refractivity contribution in [3.05, 3.63) is 36.0 Å². The van der Waals surface area contributed by atoms with Gasteiger partial charge in [-0.05, 0) is 57.2 Å². The molecule has 0 bridgehead atoms. The Kier molecular flexibility index (Phi) is 7.92. The van der Waals surface area contributed by atoms with E-state index in [4.69, 9.17) is 0 Å². The number of aromatic nitrogens is 4. The standard InChI is InChI=1S/C23H31N7O3S2/c1-16(2)26-20-19-15-25-30(21(19)28-23(27-20)34-3)14-11-24-22(31)17-7-9-18(10-8-17)35(32,33)29-12-5-4-6-13-29/h7-10,15-16H,4-6,11-14H2,1-3H3,(H,24,31)(H,26,27,28). The maximum Gasteiger partial charge on any atom is 0.251 e. The van der Waals surface area contributed by atoms with Gasteiger partial charge >= 0.3 is 0 Å². The van der Waals surface area contributed by atoms with Crippen molar-refractivity contribution in [2.75, 3.05) is 31.2 Å². The van der Waals surface area contributed by atoms with Crippen LogP contribution in [0.5, 0.6) is 0 Å². The molecule has 4 rings (SSSR count). The van der Waals surface area contributed by atoms with Crippen molar-refractivity contribution in [2.24, 2.45) is 0 Å². The van der Waals surface area contributed by atoms with Gasteiger partial charge in [-0.15, -0.1) is 0 Å².